The van der Waals surface area contributed by atoms with Crippen molar-refractivity contribution in [1.29, 1.82) is 0 Å². The molecule has 0 aliphatic rings. The van der Waals surface area contributed by atoms with Crippen molar-refractivity contribution in [3.63, 3.8) is 0 Å². The summed E-state index contributed by atoms with van der Waals surface area (Å²) in [5.41, 5.74) is -0.500. The molecule has 0 aromatic rings. The van der Waals surface area contributed by atoms with E-state index in [2.05, 4.69) is 15.9 Å². The summed E-state index contributed by atoms with van der Waals surface area (Å²) in [5.74, 6) is 0. The molecular weight excluding hydrogens is 223 g/mol. The Bertz CT molecular complexity index is 78.2. The topological polar surface area (TPSA) is 37.3 Å². The average molecular weight is 237 g/mol. The van der Waals surface area contributed by atoms with Crippen LogP contribution in [-0.4, -0.2) is 66.8 Å². The van der Waals surface area contributed by atoms with Crippen LogP contribution in [0.1, 0.15) is 27.7 Å². The van der Waals surface area contributed by atoms with Gasteiger partial charge in [0.15, 0.2) is 4.69 Å². The van der Waals surface area contributed by atoms with Gasteiger partial charge in [-0.3, -0.25) is 4.79 Å². The molecule has 0 heterocycles. The molecule has 0 amide bonds. The predicted octanol–water partition coefficient (Wildman–Crippen LogP) is 1.06. The molecule has 0 aliphatic carbocycles. The van der Waals surface area contributed by atoms with E-state index in [4.69, 9.17) is 5.11 Å². The maximum absolute atomic E-state index is 9.36. The van der Waals surface area contributed by atoms with Crippen molar-refractivity contribution >= 4 is 72.0 Å². The normalized spacial score (nSPS) is 8.60. The molecule has 0 unspecified atom stereocenters. The Hall–Kier alpha value is 1.75. The fraction of sp³-hybridized carbons (Fsp3) is 0.833. The van der Waals surface area contributed by atoms with E-state index in [0.29, 0.717) is 0 Å². The van der Waals surface area contributed by atoms with Crippen molar-refractivity contribution in [2.75, 3.05) is 0 Å². The van der Waals surface area contributed by atoms with Crippen molar-refractivity contribution < 1.29 is 9.90 Å². The first-order chi connectivity index (χ1) is 3.73. The van der Waals surface area contributed by atoms with E-state index in [0.717, 1.165) is 0 Å². The van der Waals surface area contributed by atoms with Crippen molar-refractivity contribution in [3.05, 3.63) is 0 Å². The molecular formula is C6H14BrKO2. The number of aliphatic hydroxyl groups is 1. The second kappa shape index (κ2) is 8.84. The summed E-state index contributed by atoms with van der Waals surface area (Å²) in [5, 5.41) is 8.52. The van der Waals surface area contributed by atoms with Crippen LogP contribution in [0.4, 0.5) is 0 Å². The van der Waals surface area contributed by atoms with Crippen molar-refractivity contribution in [2.24, 2.45) is 0 Å². The van der Waals surface area contributed by atoms with Crippen molar-refractivity contribution in [2.45, 2.75) is 33.3 Å². The van der Waals surface area contributed by atoms with Crippen LogP contribution in [0.5, 0.6) is 0 Å². The van der Waals surface area contributed by atoms with Crippen LogP contribution in [0, 0.1) is 0 Å². The molecule has 58 valence electrons. The average Bonchev–Trinajstić information content (AvgIpc) is 1.19. The molecule has 0 rings (SSSR count). The molecule has 0 aromatic carbocycles. The molecule has 0 fully saturated rings. The standard InChI is InChI=1S/C4H10O.C2H3BrO.K.H/c1-4(2,3)5;1-2(3)4;;/h5H,1-3H3;1H3;;. The molecule has 0 spiro atoms. The number of rotatable bonds is 0. The van der Waals surface area contributed by atoms with E-state index < -0.39 is 5.60 Å². The zero-order chi connectivity index (χ0) is 8.08. The van der Waals surface area contributed by atoms with Gasteiger partial charge in [-0.1, -0.05) is 0 Å². The summed E-state index contributed by atoms with van der Waals surface area (Å²) in [4.78, 5) is 9.36. The summed E-state index contributed by atoms with van der Waals surface area (Å²) in [6, 6.07) is 0. The van der Waals surface area contributed by atoms with Crippen LogP contribution < -0.4 is 0 Å². The van der Waals surface area contributed by atoms with Gasteiger partial charge in [-0.25, -0.2) is 0 Å². The molecule has 0 atom stereocenters. The van der Waals surface area contributed by atoms with E-state index >= 15 is 0 Å². The summed E-state index contributed by atoms with van der Waals surface area (Å²) < 4.78 is -0.0208. The van der Waals surface area contributed by atoms with Crippen LogP contribution in [-0.2, 0) is 4.79 Å². The molecule has 1 N–H and O–H groups in total. The van der Waals surface area contributed by atoms with E-state index in [1.165, 1.54) is 6.92 Å². The monoisotopic (exact) mass is 236 g/mol. The Labute approximate surface area is 113 Å². The number of carbonyl (C=O) groups excluding carboxylic acids is 1. The zero-order valence-corrected chi connectivity index (χ0v) is 7.82. The number of halogens is 1. The van der Waals surface area contributed by atoms with E-state index in [9.17, 15) is 4.79 Å². The first kappa shape index (κ1) is 17.7. The fourth-order valence-corrected chi connectivity index (χ4v) is 0. The molecule has 0 saturated carbocycles. The minimum atomic E-state index is -0.500. The summed E-state index contributed by atoms with van der Waals surface area (Å²) >= 11 is 2.63. The van der Waals surface area contributed by atoms with Gasteiger partial charge in [0.05, 0.1) is 5.60 Å². The van der Waals surface area contributed by atoms with Gasteiger partial charge in [-0.05, 0) is 36.7 Å². The third-order valence-electron chi connectivity index (χ3n) is 0. The summed E-state index contributed by atoms with van der Waals surface area (Å²) in [7, 11) is 0. The van der Waals surface area contributed by atoms with Crippen LogP contribution >= 0.6 is 15.9 Å². The maximum atomic E-state index is 9.36. The van der Waals surface area contributed by atoms with Crippen LogP contribution in [0.3, 0.4) is 0 Å². The minimum absolute atomic E-state index is 0. The second-order valence-corrected chi connectivity index (χ2v) is 3.76. The molecule has 0 aliphatic heterocycles. The number of hydrogen-bond donors (Lipinski definition) is 1. The van der Waals surface area contributed by atoms with E-state index in [1.807, 2.05) is 0 Å². The van der Waals surface area contributed by atoms with Crippen LogP contribution in [0.2, 0.25) is 0 Å². The number of hydrogen-bond acceptors (Lipinski definition) is 2. The third-order valence-corrected chi connectivity index (χ3v) is 0. The third kappa shape index (κ3) is 244. The molecule has 0 aromatic heterocycles. The Morgan fingerprint density at radius 2 is 1.40 bits per heavy atom. The SMILES string of the molecule is CC(=O)Br.CC(C)(C)O.[KH]. The van der Waals surface area contributed by atoms with Gasteiger partial charge in [0.1, 0.15) is 0 Å². The van der Waals surface area contributed by atoms with Crippen molar-refractivity contribution in [1.82, 2.24) is 0 Å². The Balaban J connectivity index is -0.0000000910. The van der Waals surface area contributed by atoms with Gasteiger partial charge >= 0.3 is 51.4 Å². The summed E-state index contributed by atoms with van der Waals surface area (Å²) in [6.45, 7) is 6.67. The molecule has 0 bridgehead atoms. The Kier molecular flexibility index (Phi) is 15.7. The van der Waals surface area contributed by atoms with Gasteiger partial charge in [0, 0.05) is 6.92 Å². The second-order valence-electron chi connectivity index (χ2n) is 2.64. The predicted molar refractivity (Wildman–Crippen MR) is 48.7 cm³/mol. The summed E-state index contributed by atoms with van der Waals surface area (Å²) in [6.07, 6.45) is 0. The van der Waals surface area contributed by atoms with Crippen LogP contribution in [0.15, 0.2) is 0 Å². The van der Waals surface area contributed by atoms with E-state index in [1.54, 1.807) is 20.8 Å². The van der Waals surface area contributed by atoms with Crippen LogP contribution in [0.25, 0.3) is 0 Å². The van der Waals surface area contributed by atoms with Gasteiger partial charge < -0.3 is 5.11 Å². The van der Waals surface area contributed by atoms with Crippen molar-refractivity contribution in [3.8, 4) is 0 Å². The van der Waals surface area contributed by atoms with Gasteiger partial charge in [-0.2, -0.15) is 0 Å². The van der Waals surface area contributed by atoms with Gasteiger partial charge in [0.2, 0.25) is 0 Å². The molecule has 4 heteroatoms. The fourth-order valence-electron chi connectivity index (χ4n) is 0. The quantitative estimate of drug-likeness (QED) is 0.505. The Morgan fingerprint density at radius 1 is 1.40 bits per heavy atom. The Morgan fingerprint density at radius 3 is 1.40 bits per heavy atom. The zero-order valence-electron chi connectivity index (χ0n) is 6.23. The molecule has 2 nitrogen and oxygen atoms in total. The molecule has 0 radical (unpaired) electrons. The number of carbonyl (C=O) groups is 1. The molecule has 10 heavy (non-hydrogen) atoms. The van der Waals surface area contributed by atoms with Gasteiger partial charge in [0.25, 0.3) is 0 Å². The van der Waals surface area contributed by atoms with E-state index in [-0.39, 0.29) is 56.1 Å². The van der Waals surface area contributed by atoms with Gasteiger partial charge in [-0.15, -0.1) is 0 Å². The first-order valence-electron chi connectivity index (χ1n) is 2.62. The molecule has 0 saturated heterocycles. The first-order valence-corrected chi connectivity index (χ1v) is 3.41.